The molecule has 0 aliphatic carbocycles. The van der Waals surface area contributed by atoms with Crippen LogP contribution in [0.1, 0.15) is 11.1 Å². The summed E-state index contributed by atoms with van der Waals surface area (Å²) in [6.45, 7) is 0.192. The number of halogens is 3. The lowest BCUT2D eigenvalue weighted by atomic mass is 10.1. The van der Waals surface area contributed by atoms with Crippen LogP contribution in [0.3, 0.4) is 0 Å². The lowest BCUT2D eigenvalue weighted by molar-refractivity contribution is -0.138. The van der Waals surface area contributed by atoms with Crippen molar-refractivity contribution in [3.05, 3.63) is 40.9 Å². The van der Waals surface area contributed by atoms with E-state index in [1.54, 1.807) is 24.7 Å². The summed E-state index contributed by atoms with van der Waals surface area (Å²) in [6.07, 6.45) is -2.71. The predicted octanol–water partition coefficient (Wildman–Crippen LogP) is 4.03. The molecule has 0 saturated heterocycles. The highest BCUT2D eigenvalue weighted by atomic mass is 32.2. The third-order valence-corrected chi connectivity index (χ3v) is 4.24. The van der Waals surface area contributed by atoms with Crippen LogP contribution in [0.4, 0.5) is 13.2 Å². The number of nitrogens with zero attached hydrogens (tertiary/aromatic N) is 1. The summed E-state index contributed by atoms with van der Waals surface area (Å²) in [6, 6.07) is 4.38. The molecule has 0 spiro atoms. The molecule has 2 aromatic rings. The third-order valence-electron chi connectivity index (χ3n) is 2.37. The van der Waals surface area contributed by atoms with Gasteiger partial charge in [0.1, 0.15) is 0 Å². The average molecular weight is 304 g/mol. The van der Waals surface area contributed by atoms with E-state index in [-0.39, 0.29) is 12.1 Å². The SMILES string of the molecule is CNCc1ccc(Sc2nccs2)cc1C(F)(F)F. The molecule has 102 valence electrons. The number of hydrogen-bond donors (Lipinski definition) is 1. The van der Waals surface area contributed by atoms with Gasteiger partial charge >= 0.3 is 6.18 Å². The summed E-state index contributed by atoms with van der Waals surface area (Å²) < 4.78 is 39.7. The molecule has 0 atom stereocenters. The summed E-state index contributed by atoms with van der Waals surface area (Å²) in [5, 5.41) is 4.54. The molecule has 0 saturated carbocycles. The fourth-order valence-corrected chi connectivity index (χ4v) is 3.22. The lowest BCUT2D eigenvalue weighted by Crippen LogP contribution is -2.14. The summed E-state index contributed by atoms with van der Waals surface area (Å²) in [4.78, 5) is 4.59. The Hall–Kier alpha value is -1.05. The first-order valence-electron chi connectivity index (χ1n) is 5.43. The molecule has 0 unspecified atom stereocenters. The molecule has 0 bridgehead atoms. The van der Waals surface area contributed by atoms with Gasteiger partial charge in [-0.15, -0.1) is 11.3 Å². The number of thiazole rings is 1. The molecule has 19 heavy (non-hydrogen) atoms. The topological polar surface area (TPSA) is 24.9 Å². The Morgan fingerprint density at radius 1 is 1.37 bits per heavy atom. The number of alkyl halides is 3. The van der Waals surface area contributed by atoms with Gasteiger partial charge < -0.3 is 5.32 Å². The van der Waals surface area contributed by atoms with E-state index in [1.165, 1.54) is 35.2 Å². The Kier molecular flexibility index (Phi) is 4.49. The van der Waals surface area contributed by atoms with E-state index in [9.17, 15) is 13.2 Å². The van der Waals surface area contributed by atoms with Crippen molar-refractivity contribution < 1.29 is 13.2 Å². The van der Waals surface area contributed by atoms with E-state index < -0.39 is 11.7 Å². The average Bonchev–Trinajstić information content (AvgIpc) is 2.83. The third kappa shape index (κ3) is 3.71. The van der Waals surface area contributed by atoms with Crippen molar-refractivity contribution in [1.82, 2.24) is 10.3 Å². The monoisotopic (exact) mass is 304 g/mol. The molecule has 0 radical (unpaired) electrons. The number of hydrogen-bond acceptors (Lipinski definition) is 4. The maximum atomic E-state index is 13.0. The first kappa shape index (κ1) is 14.4. The highest BCUT2D eigenvalue weighted by Crippen LogP contribution is 2.37. The van der Waals surface area contributed by atoms with E-state index >= 15 is 0 Å². The van der Waals surface area contributed by atoms with E-state index in [0.717, 1.165) is 4.34 Å². The standard InChI is InChI=1S/C12H11F3N2S2/c1-16-7-8-2-3-9(6-10(8)12(13,14)15)19-11-17-4-5-18-11/h2-6,16H,7H2,1H3. The normalized spacial score (nSPS) is 11.8. The minimum absolute atomic E-state index is 0.192. The predicted molar refractivity (Wildman–Crippen MR) is 70.4 cm³/mol. The van der Waals surface area contributed by atoms with Gasteiger partial charge in [-0.05, 0) is 24.7 Å². The maximum Gasteiger partial charge on any atom is 0.416 e. The van der Waals surface area contributed by atoms with Crippen LogP contribution >= 0.6 is 23.1 Å². The number of aromatic nitrogens is 1. The van der Waals surface area contributed by atoms with Crippen molar-refractivity contribution in [3.63, 3.8) is 0 Å². The van der Waals surface area contributed by atoms with E-state index in [4.69, 9.17) is 0 Å². The van der Waals surface area contributed by atoms with Gasteiger partial charge in [-0.25, -0.2) is 4.98 Å². The van der Waals surface area contributed by atoms with Gasteiger partial charge in [-0.3, -0.25) is 0 Å². The second kappa shape index (κ2) is 5.94. The Labute approximate surface area is 117 Å². The number of benzene rings is 1. The zero-order valence-corrected chi connectivity index (χ0v) is 11.6. The van der Waals surface area contributed by atoms with Gasteiger partial charge in [-0.1, -0.05) is 17.8 Å². The Morgan fingerprint density at radius 2 is 2.16 bits per heavy atom. The van der Waals surface area contributed by atoms with Crippen molar-refractivity contribution in [1.29, 1.82) is 0 Å². The summed E-state index contributed by atoms with van der Waals surface area (Å²) in [5.41, 5.74) is -0.345. The molecule has 1 N–H and O–H groups in total. The van der Waals surface area contributed by atoms with Crippen molar-refractivity contribution >= 4 is 23.1 Å². The highest BCUT2D eigenvalue weighted by Gasteiger charge is 2.33. The molecule has 0 aliphatic rings. The number of nitrogens with one attached hydrogen (secondary N) is 1. The van der Waals surface area contributed by atoms with Crippen molar-refractivity contribution in [2.45, 2.75) is 22.0 Å². The van der Waals surface area contributed by atoms with Crippen LogP contribution in [-0.4, -0.2) is 12.0 Å². The van der Waals surface area contributed by atoms with Gasteiger partial charge in [0, 0.05) is 23.0 Å². The van der Waals surface area contributed by atoms with Gasteiger partial charge in [-0.2, -0.15) is 13.2 Å². The zero-order chi connectivity index (χ0) is 13.9. The second-order valence-corrected chi connectivity index (χ2v) is 5.96. The van der Waals surface area contributed by atoms with Gasteiger partial charge in [0.2, 0.25) is 0 Å². The lowest BCUT2D eigenvalue weighted by Gasteiger charge is -2.13. The Bertz CT molecular complexity index is 538. The van der Waals surface area contributed by atoms with Gasteiger partial charge in [0.25, 0.3) is 0 Å². The van der Waals surface area contributed by atoms with Crippen LogP contribution in [-0.2, 0) is 12.7 Å². The van der Waals surface area contributed by atoms with Crippen molar-refractivity contribution in [2.24, 2.45) is 0 Å². The van der Waals surface area contributed by atoms with Crippen LogP contribution in [0.2, 0.25) is 0 Å². The molecule has 0 fully saturated rings. The Balaban J connectivity index is 2.32. The van der Waals surface area contributed by atoms with E-state index in [0.29, 0.717) is 4.90 Å². The molecule has 1 heterocycles. The maximum absolute atomic E-state index is 13.0. The highest BCUT2D eigenvalue weighted by molar-refractivity contribution is 8.01. The fourth-order valence-electron chi connectivity index (χ4n) is 1.59. The second-order valence-electron chi connectivity index (χ2n) is 3.75. The van der Waals surface area contributed by atoms with Gasteiger partial charge in [0.05, 0.1) is 5.56 Å². The van der Waals surface area contributed by atoms with Crippen LogP contribution in [0.25, 0.3) is 0 Å². The zero-order valence-electron chi connectivity index (χ0n) is 9.99. The Morgan fingerprint density at radius 3 is 2.74 bits per heavy atom. The number of rotatable bonds is 4. The van der Waals surface area contributed by atoms with Crippen LogP contribution in [0, 0.1) is 0 Å². The largest absolute Gasteiger partial charge is 0.416 e. The molecule has 0 amide bonds. The molecule has 0 aliphatic heterocycles. The molecule has 1 aromatic heterocycles. The molecule has 2 nitrogen and oxygen atoms in total. The van der Waals surface area contributed by atoms with Crippen LogP contribution in [0.5, 0.6) is 0 Å². The van der Waals surface area contributed by atoms with E-state index in [2.05, 4.69) is 10.3 Å². The summed E-state index contributed by atoms with van der Waals surface area (Å²) in [7, 11) is 1.62. The van der Waals surface area contributed by atoms with E-state index in [1.807, 2.05) is 0 Å². The van der Waals surface area contributed by atoms with Crippen LogP contribution in [0.15, 0.2) is 39.0 Å². The smallest absolute Gasteiger partial charge is 0.316 e. The molecule has 1 aromatic carbocycles. The van der Waals surface area contributed by atoms with Crippen molar-refractivity contribution in [2.75, 3.05) is 7.05 Å². The fraction of sp³-hybridized carbons (Fsp3) is 0.250. The van der Waals surface area contributed by atoms with Crippen molar-refractivity contribution in [3.8, 4) is 0 Å². The van der Waals surface area contributed by atoms with Gasteiger partial charge in [0.15, 0.2) is 4.34 Å². The summed E-state index contributed by atoms with van der Waals surface area (Å²) >= 11 is 2.64. The molecular formula is C12H11F3N2S2. The first-order valence-corrected chi connectivity index (χ1v) is 7.12. The minimum Gasteiger partial charge on any atom is -0.316 e. The summed E-state index contributed by atoms with van der Waals surface area (Å²) in [5.74, 6) is 0. The minimum atomic E-state index is -4.34. The molecular weight excluding hydrogens is 293 g/mol. The molecule has 7 heteroatoms. The quantitative estimate of drug-likeness (QED) is 0.923. The van der Waals surface area contributed by atoms with Crippen LogP contribution < -0.4 is 5.32 Å². The first-order chi connectivity index (χ1) is 9.00. The molecule has 2 rings (SSSR count).